The van der Waals surface area contributed by atoms with Crippen molar-refractivity contribution in [2.75, 3.05) is 13.6 Å². The second-order valence-electron chi connectivity index (χ2n) is 6.02. The molecule has 0 radical (unpaired) electrons. The first-order chi connectivity index (χ1) is 11.6. The SMILES string of the molecule is C=CCn1c(C)cc(C(=O)CN(C)S(=O)(=O)c2c(C)noc2C)c1C. The van der Waals surface area contributed by atoms with Gasteiger partial charge in [-0.25, -0.2) is 8.42 Å². The third kappa shape index (κ3) is 3.45. The van der Waals surface area contributed by atoms with Gasteiger partial charge in [-0.1, -0.05) is 11.2 Å². The zero-order valence-electron chi connectivity index (χ0n) is 15.2. The van der Waals surface area contributed by atoms with Gasteiger partial charge in [0, 0.05) is 30.5 Å². The summed E-state index contributed by atoms with van der Waals surface area (Å²) in [5.74, 6) is -0.0535. The molecule has 0 aliphatic heterocycles. The largest absolute Gasteiger partial charge is 0.360 e. The van der Waals surface area contributed by atoms with Crippen LogP contribution in [0.3, 0.4) is 0 Å². The van der Waals surface area contributed by atoms with Gasteiger partial charge in [-0.2, -0.15) is 4.31 Å². The van der Waals surface area contributed by atoms with Crippen LogP contribution in [-0.2, 0) is 16.6 Å². The molecule has 0 amide bonds. The van der Waals surface area contributed by atoms with Crippen LogP contribution in [0, 0.1) is 27.7 Å². The number of ketones is 1. The molecule has 0 fully saturated rings. The number of allylic oxidation sites excluding steroid dienone is 1. The summed E-state index contributed by atoms with van der Waals surface area (Å²) < 4.78 is 33.4. The van der Waals surface area contributed by atoms with Gasteiger partial charge in [-0.3, -0.25) is 4.79 Å². The van der Waals surface area contributed by atoms with E-state index in [0.29, 0.717) is 12.1 Å². The lowest BCUT2D eigenvalue weighted by atomic mass is 10.1. The number of aryl methyl sites for hydroxylation is 3. The van der Waals surface area contributed by atoms with E-state index < -0.39 is 10.0 Å². The Balaban J connectivity index is 2.29. The molecule has 0 aliphatic carbocycles. The van der Waals surface area contributed by atoms with Crippen molar-refractivity contribution in [3.63, 3.8) is 0 Å². The zero-order chi connectivity index (χ0) is 18.9. The molecule has 136 valence electrons. The van der Waals surface area contributed by atoms with E-state index in [0.717, 1.165) is 15.7 Å². The number of Topliss-reactive ketones (excluding diaryl/α,β-unsaturated/α-hetero) is 1. The maximum absolute atomic E-state index is 12.7. The van der Waals surface area contributed by atoms with Crippen LogP contribution in [-0.4, -0.2) is 41.8 Å². The Morgan fingerprint density at radius 2 is 2.00 bits per heavy atom. The fraction of sp³-hybridized carbons (Fsp3) is 0.412. The molecule has 2 aromatic rings. The van der Waals surface area contributed by atoms with Gasteiger partial charge in [0.05, 0.1) is 6.54 Å². The van der Waals surface area contributed by atoms with E-state index in [4.69, 9.17) is 4.52 Å². The Labute approximate surface area is 148 Å². The van der Waals surface area contributed by atoms with E-state index in [1.165, 1.54) is 14.0 Å². The van der Waals surface area contributed by atoms with Crippen LogP contribution in [0.15, 0.2) is 28.1 Å². The van der Waals surface area contributed by atoms with Crippen molar-refractivity contribution in [2.45, 2.75) is 39.1 Å². The van der Waals surface area contributed by atoms with Gasteiger partial charge in [0.15, 0.2) is 11.5 Å². The summed E-state index contributed by atoms with van der Waals surface area (Å²) in [5, 5.41) is 3.67. The highest BCUT2D eigenvalue weighted by molar-refractivity contribution is 7.89. The lowest BCUT2D eigenvalue weighted by Gasteiger charge is -2.16. The first kappa shape index (κ1) is 19.1. The normalized spacial score (nSPS) is 11.9. The number of hydrogen-bond acceptors (Lipinski definition) is 5. The third-order valence-electron chi connectivity index (χ3n) is 4.19. The molecule has 0 aromatic carbocycles. The lowest BCUT2D eigenvalue weighted by molar-refractivity contribution is 0.0972. The van der Waals surface area contributed by atoms with Crippen molar-refractivity contribution >= 4 is 15.8 Å². The molecule has 0 saturated heterocycles. The monoisotopic (exact) mass is 365 g/mol. The van der Waals surface area contributed by atoms with E-state index in [1.54, 1.807) is 19.1 Å². The molecular formula is C17H23N3O4S. The number of carbonyl (C=O) groups is 1. The minimum atomic E-state index is -3.85. The average Bonchev–Trinajstić information content (AvgIpc) is 3.01. The standard InChI is InChI=1S/C17H23N3O4S/c1-7-8-20-11(2)9-15(13(20)4)16(21)10-19(6)25(22,23)17-12(3)18-24-14(17)5/h7,9H,1,8,10H2,2-6H3. The lowest BCUT2D eigenvalue weighted by Crippen LogP contribution is -2.33. The van der Waals surface area contributed by atoms with Crippen molar-refractivity contribution in [1.29, 1.82) is 0 Å². The molecule has 0 unspecified atom stereocenters. The topological polar surface area (TPSA) is 85.4 Å². The molecule has 0 N–H and O–H groups in total. The summed E-state index contributed by atoms with van der Waals surface area (Å²) in [6.45, 7) is 10.9. The molecule has 0 spiro atoms. The molecule has 0 atom stereocenters. The van der Waals surface area contributed by atoms with Crippen LogP contribution in [0.5, 0.6) is 0 Å². The highest BCUT2D eigenvalue weighted by atomic mass is 32.2. The molecule has 8 heteroatoms. The number of likely N-dealkylation sites (N-methyl/N-ethyl adjacent to an activating group) is 1. The van der Waals surface area contributed by atoms with E-state index in [2.05, 4.69) is 11.7 Å². The first-order valence-electron chi connectivity index (χ1n) is 7.81. The van der Waals surface area contributed by atoms with Crippen LogP contribution < -0.4 is 0 Å². The highest BCUT2D eigenvalue weighted by Crippen LogP contribution is 2.23. The van der Waals surface area contributed by atoms with Crippen molar-refractivity contribution in [2.24, 2.45) is 0 Å². The van der Waals surface area contributed by atoms with Gasteiger partial charge < -0.3 is 9.09 Å². The summed E-state index contributed by atoms with van der Waals surface area (Å²) in [6.07, 6.45) is 1.75. The smallest absolute Gasteiger partial charge is 0.248 e. The molecule has 0 bridgehead atoms. The van der Waals surface area contributed by atoms with Gasteiger partial charge >= 0.3 is 0 Å². The van der Waals surface area contributed by atoms with E-state index in [1.807, 2.05) is 18.4 Å². The van der Waals surface area contributed by atoms with Crippen molar-refractivity contribution in [3.05, 3.63) is 47.1 Å². The minimum absolute atomic E-state index is 0.0138. The van der Waals surface area contributed by atoms with Crippen LogP contribution >= 0.6 is 0 Å². The van der Waals surface area contributed by atoms with Crippen LogP contribution in [0.1, 0.15) is 33.2 Å². The predicted octanol–water partition coefficient (Wildman–Crippen LogP) is 2.40. The van der Waals surface area contributed by atoms with Gasteiger partial charge in [0.1, 0.15) is 10.6 Å². The number of sulfonamides is 1. The van der Waals surface area contributed by atoms with Crippen LogP contribution in [0.4, 0.5) is 0 Å². The summed E-state index contributed by atoms with van der Waals surface area (Å²) in [4.78, 5) is 12.7. The molecule has 25 heavy (non-hydrogen) atoms. The maximum atomic E-state index is 12.7. The number of hydrogen-bond donors (Lipinski definition) is 0. The maximum Gasteiger partial charge on any atom is 0.248 e. The summed E-state index contributed by atoms with van der Waals surface area (Å²) in [6, 6.07) is 1.78. The molecular weight excluding hydrogens is 342 g/mol. The predicted molar refractivity (Wildman–Crippen MR) is 94.2 cm³/mol. The number of aromatic nitrogens is 2. The Morgan fingerprint density at radius 3 is 2.52 bits per heavy atom. The van der Waals surface area contributed by atoms with Gasteiger partial charge in [0.2, 0.25) is 10.0 Å². The van der Waals surface area contributed by atoms with Crippen LogP contribution in [0.2, 0.25) is 0 Å². The molecule has 0 aliphatic rings. The van der Waals surface area contributed by atoms with Crippen molar-refractivity contribution in [3.8, 4) is 0 Å². The number of carbonyl (C=O) groups excluding carboxylic acids is 1. The fourth-order valence-electron chi connectivity index (χ4n) is 2.86. The van der Waals surface area contributed by atoms with Crippen molar-refractivity contribution < 1.29 is 17.7 Å². The minimum Gasteiger partial charge on any atom is -0.360 e. The van der Waals surface area contributed by atoms with E-state index in [-0.39, 0.29) is 28.7 Å². The molecule has 2 heterocycles. The highest BCUT2D eigenvalue weighted by Gasteiger charge is 2.30. The first-order valence-corrected chi connectivity index (χ1v) is 9.25. The van der Waals surface area contributed by atoms with Crippen LogP contribution in [0.25, 0.3) is 0 Å². The quantitative estimate of drug-likeness (QED) is 0.555. The average molecular weight is 365 g/mol. The Morgan fingerprint density at radius 1 is 1.36 bits per heavy atom. The Hall–Kier alpha value is -2.19. The Kier molecular flexibility index (Phi) is 5.34. The van der Waals surface area contributed by atoms with Gasteiger partial charge in [-0.15, -0.1) is 6.58 Å². The summed E-state index contributed by atoms with van der Waals surface area (Å²) in [7, 11) is -2.48. The summed E-state index contributed by atoms with van der Waals surface area (Å²) in [5.41, 5.74) is 2.52. The van der Waals surface area contributed by atoms with Gasteiger partial charge in [-0.05, 0) is 33.8 Å². The molecule has 2 rings (SSSR count). The fourth-order valence-corrected chi connectivity index (χ4v) is 4.27. The second kappa shape index (κ2) is 6.97. The molecule has 2 aromatic heterocycles. The third-order valence-corrected chi connectivity index (χ3v) is 6.24. The number of rotatable bonds is 7. The molecule has 7 nitrogen and oxygen atoms in total. The Bertz CT molecular complexity index is 903. The van der Waals surface area contributed by atoms with Gasteiger partial charge in [0.25, 0.3) is 0 Å². The zero-order valence-corrected chi connectivity index (χ0v) is 16.0. The second-order valence-corrected chi connectivity index (χ2v) is 8.00. The van der Waals surface area contributed by atoms with Crippen molar-refractivity contribution in [1.82, 2.24) is 14.0 Å². The van der Waals surface area contributed by atoms with E-state index >= 15 is 0 Å². The van der Waals surface area contributed by atoms with E-state index in [9.17, 15) is 13.2 Å². The molecule has 0 saturated carbocycles. The number of nitrogens with zero attached hydrogens (tertiary/aromatic N) is 3. The summed E-state index contributed by atoms with van der Waals surface area (Å²) >= 11 is 0.